The summed E-state index contributed by atoms with van der Waals surface area (Å²) in [4.78, 5) is 26.0. The van der Waals surface area contributed by atoms with Crippen LogP contribution in [0.5, 0.6) is 5.75 Å². The Bertz CT molecular complexity index is 830. The van der Waals surface area contributed by atoms with Crippen LogP contribution in [0.15, 0.2) is 42.5 Å². The van der Waals surface area contributed by atoms with Gasteiger partial charge in [0.25, 0.3) is 5.91 Å². The lowest BCUT2D eigenvalue weighted by Crippen LogP contribution is -2.36. The van der Waals surface area contributed by atoms with Gasteiger partial charge in [-0.25, -0.2) is 0 Å². The van der Waals surface area contributed by atoms with Gasteiger partial charge < -0.3 is 15.0 Å². The van der Waals surface area contributed by atoms with Crippen molar-refractivity contribution in [3.05, 3.63) is 59.2 Å². The molecule has 0 radical (unpaired) electrons. The minimum atomic E-state index is -0.577. The Hall–Kier alpha value is -2.82. The average Bonchev–Trinajstić information content (AvgIpc) is 3.09. The van der Waals surface area contributed by atoms with Crippen LogP contribution in [0.3, 0.4) is 0 Å². The maximum atomic E-state index is 12.3. The van der Waals surface area contributed by atoms with Crippen LogP contribution in [-0.4, -0.2) is 24.5 Å². The van der Waals surface area contributed by atoms with Crippen molar-refractivity contribution in [1.29, 1.82) is 0 Å². The number of hydrogen-bond donors (Lipinski definition) is 1. The number of benzene rings is 2. The summed E-state index contributed by atoms with van der Waals surface area (Å²) in [5, 5.41) is 2.91. The van der Waals surface area contributed by atoms with Gasteiger partial charge in [0.2, 0.25) is 5.91 Å². The van der Waals surface area contributed by atoms with E-state index in [9.17, 15) is 9.59 Å². The molecule has 1 unspecified atom stereocenters. The molecule has 1 aliphatic rings. The van der Waals surface area contributed by atoms with Gasteiger partial charge in [-0.3, -0.25) is 9.59 Å². The number of carbonyl (C=O) groups is 2. The lowest BCUT2D eigenvalue weighted by molar-refractivity contribution is -0.127. The van der Waals surface area contributed by atoms with E-state index in [1.165, 1.54) is 0 Å². The molecular weight excluding hydrogens is 340 g/mol. The number of hydrogen-bond acceptors (Lipinski definition) is 3. The van der Waals surface area contributed by atoms with E-state index in [0.29, 0.717) is 13.0 Å². The fourth-order valence-electron chi connectivity index (χ4n) is 3.14. The highest BCUT2D eigenvalue weighted by Crippen LogP contribution is 2.23. The number of rotatable bonds is 6. The summed E-state index contributed by atoms with van der Waals surface area (Å²) in [5.41, 5.74) is 4.08. The smallest absolute Gasteiger partial charge is 0.261 e. The predicted molar refractivity (Wildman–Crippen MR) is 106 cm³/mol. The van der Waals surface area contributed by atoms with Crippen molar-refractivity contribution in [2.75, 3.05) is 11.4 Å². The molecule has 2 aromatic carbocycles. The third-order valence-corrected chi connectivity index (χ3v) is 5.02. The van der Waals surface area contributed by atoms with E-state index in [1.807, 2.05) is 61.2 Å². The number of amides is 2. The number of carbonyl (C=O) groups excluding carboxylic acids is 2. The summed E-state index contributed by atoms with van der Waals surface area (Å²) in [6.07, 6.45) is 0.956. The van der Waals surface area contributed by atoms with Crippen molar-refractivity contribution in [1.82, 2.24) is 5.32 Å². The molecule has 1 heterocycles. The highest BCUT2D eigenvalue weighted by Gasteiger charge is 2.21. The van der Waals surface area contributed by atoms with E-state index in [1.54, 1.807) is 6.92 Å². The lowest BCUT2D eigenvalue weighted by atomic mass is 10.1. The molecule has 1 atom stereocenters. The van der Waals surface area contributed by atoms with Crippen LogP contribution in [0.4, 0.5) is 5.69 Å². The zero-order chi connectivity index (χ0) is 19.4. The molecule has 27 heavy (non-hydrogen) atoms. The molecular formula is C22H26N2O3. The Kier molecular flexibility index (Phi) is 5.79. The van der Waals surface area contributed by atoms with Gasteiger partial charge in [-0.05, 0) is 62.1 Å². The molecule has 142 valence electrons. The second kappa shape index (κ2) is 8.25. The van der Waals surface area contributed by atoms with Crippen molar-refractivity contribution >= 4 is 17.5 Å². The Balaban J connectivity index is 1.54. The summed E-state index contributed by atoms with van der Waals surface area (Å²) in [7, 11) is 0. The number of nitrogens with one attached hydrogen (secondary N) is 1. The third-order valence-electron chi connectivity index (χ3n) is 5.02. The standard InChI is InChI=1S/C22H26N2O3/c1-15-6-4-7-20(16(15)2)27-17(3)22(26)23-14-18-9-11-19(12-10-18)24-13-5-8-21(24)25/h4,6-7,9-12,17H,5,8,13-14H2,1-3H3,(H,23,26). The van der Waals surface area contributed by atoms with E-state index < -0.39 is 6.10 Å². The molecule has 5 heteroatoms. The van der Waals surface area contributed by atoms with Gasteiger partial charge in [0.05, 0.1) is 0 Å². The largest absolute Gasteiger partial charge is 0.481 e. The van der Waals surface area contributed by atoms with Gasteiger partial charge in [-0.2, -0.15) is 0 Å². The normalized spacial score (nSPS) is 14.9. The maximum absolute atomic E-state index is 12.3. The molecule has 1 N–H and O–H groups in total. The van der Waals surface area contributed by atoms with Gasteiger partial charge in [-0.1, -0.05) is 24.3 Å². The first-order chi connectivity index (χ1) is 13.0. The Morgan fingerprint density at radius 1 is 1.19 bits per heavy atom. The lowest BCUT2D eigenvalue weighted by Gasteiger charge is -2.18. The van der Waals surface area contributed by atoms with E-state index >= 15 is 0 Å². The van der Waals surface area contributed by atoms with Crippen molar-refractivity contribution in [3.8, 4) is 5.75 Å². The number of nitrogens with zero attached hydrogens (tertiary/aromatic N) is 1. The second-order valence-corrected chi connectivity index (χ2v) is 6.99. The maximum Gasteiger partial charge on any atom is 0.261 e. The zero-order valence-electron chi connectivity index (χ0n) is 16.1. The Morgan fingerprint density at radius 3 is 2.59 bits per heavy atom. The average molecular weight is 366 g/mol. The molecule has 1 saturated heterocycles. The molecule has 0 saturated carbocycles. The van der Waals surface area contributed by atoms with Crippen molar-refractivity contribution < 1.29 is 14.3 Å². The van der Waals surface area contributed by atoms with Crippen LogP contribution >= 0.6 is 0 Å². The van der Waals surface area contributed by atoms with Crippen LogP contribution in [0, 0.1) is 13.8 Å². The van der Waals surface area contributed by atoms with Gasteiger partial charge in [0, 0.05) is 25.2 Å². The molecule has 0 bridgehead atoms. The van der Waals surface area contributed by atoms with Gasteiger partial charge in [0.15, 0.2) is 6.10 Å². The van der Waals surface area contributed by atoms with Crippen LogP contribution < -0.4 is 15.0 Å². The summed E-state index contributed by atoms with van der Waals surface area (Å²) in [6, 6.07) is 13.6. The molecule has 1 aliphatic heterocycles. The van der Waals surface area contributed by atoms with E-state index in [4.69, 9.17) is 4.74 Å². The summed E-state index contributed by atoms with van der Waals surface area (Å²) < 4.78 is 5.82. The first-order valence-electron chi connectivity index (χ1n) is 9.35. The quantitative estimate of drug-likeness (QED) is 0.851. The fraction of sp³-hybridized carbons (Fsp3) is 0.364. The molecule has 0 aliphatic carbocycles. The Labute approximate surface area is 160 Å². The topological polar surface area (TPSA) is 58.6 Å². The second-order valence-electron chi connectivity index (χ2n) is 6.99. The molecule has 2 aromatic rings. The summed E-state index contributed by atoms with van der Waals surface area (Å²) >= 11 is 0. The molecule has 5 nitrogen and oxygen atoms in total. The first kappa shape index (κ1) is 19.0. The number of ether oxygens (including phenoxy) is 1. The molecule has 3 rings (SSSR count). The number of anilines is 1. The minimum Gasteiger partial charge on any atom is -0.481 e. The molecule has 0 aromatic heterocycles. The van der Waals surface area contributed by atoms with Crippen molar-refractivity contribution in [2.45, 2.75) is 46.3 Å². The van der Waals surface area contributed by atoms with Crippen LogP contribution in [0.2, 0.25) is 0 Å². The SMILES string of the molecule is Cc1cccc(OC(C)C(=O)NCc2ccc(N3CCCC3=O)cc2)c1C. The predicted octanol–water partition coefficient (Wildman–Crippen LogP) is 3.51. The molecule has 0 spiro atoms. The fourth-order valence-corrected chi connectivity index (χ4v) is 3.14. The van der Waals surface area contributed by atoms with E-state index in [-0.39, 0.29) is 11.8 Å². The number of aryl methyl sites for hydroxylation is 1. The molecule has 2 amide bonds. The van der Waals surface area contributed by atoms with Gasteiger partial charge >= 0.3 is 0 Å². The third kappa shape index (κ3) is 4.48. The van der Waals surface area contributed by atoms with Gasteiger partial charge in [-0.15, -0.1) is 0 Å². The highest BCUT2D eigenvalue weighted by molar-refractivity contribution is 5.95. The van der Waals surface area contributed by atoms with Crippen molar-refractivity contribution in [3.63, 3.8) is 0 Å². The first-order valence-corrected chi connectivity index (χ1v) is 9.35. The summed E-state index contributed by atoms with van der Waals surface area (Å²) in [5.74, 6) is 0.750. The van der Waals surface area contributed by atoms with Crippen LogP contribution in [-0.2, 0) is 16.1 Å². The Morgan fingerprint density at radius 2 is 1.93 bits per heavy atom. The van der Waals surface area contributed by atoms with Crippen LogP contribution in [0.1, 0.15) is 36.5 Å². The monoisotopic (exact) mass is 366 g/mol. The summed E-state index contributed by atoms with van der Waals surface area (Å²) in [6.45, 7) is 6.96. The van der Waals surface area contributed by atoms with E-state index in [2.05, 4.69) is 5.32 Å². The van der Waals surface area contributed by atoms with Gasteiger partial charge in [0.1, 0.15) is 5.75 Å². The van der Waals surface area contributed by atoms with Crippen molar-refractivity contribution in [2.24, 2.45) is 0 Å². The minimum absolute atomic E-state index is 0.158. The zero-order valence-corrected chi connectivity index (χ0v) is 16.1. The van der Waals surface area contributed by atoms with E-state index in [0.717, 1.165) is 41.1 Å². The van der Waals surface area contributed by atoms with Crippen LogP contribution in [0.25, 0.3) is 0 Å². The molecule has 1 fully saturated rings. The highest BCUT2D eigenvalue weighted by atomic mass is 16.5.